The highest BCUT2D eigenvalue weighted by Gasteiger charge is 2.37. The minimum Gasteiger partial charge on any atom is -0.376 e. The number of ether oxygens (including phenoxy) is 1. The molecule has 0 aliphatic carbocycles. The number of hydrogen-bond donors (Lipinski definition) is 1. The topological polar surface area (TPSA) is 88.6 Å². The zero-order valence-corrected chi connectivity index (χ0v) is 16.9. The Bertz CT molecular complexity index is 1130. The van der Waals surface area contributed by atoms with E-state index in [1.165, 1.54) is 22.3 Å². The molecule has 7 nitrogen and oxygen atoms in total. The predicted octanol–water partition coefficient (Wildman–Crippen LogP) is 3.00. The summed E-state index contributed by atoms with van der Waals surface area (Å²) in [6.45, 7) is 1.21. The fraction of sp³-hybridized carbons (Fsp3) is 0.273. The van der Waals surface area contributed by atoms with Crippen LogP contribution >= 0.6 is 11.3 Å². The van der Waals surface area contributed by atoms with E-state index in [2.05, 4.69) is 10.3 Å². The molecule has 2 aliphatic rings. The molecule has 1 atom stereocenters. The number of benzene rings is 2. The van der Waals surface area contributed by atoms with Gasteiger partial charge in [-0.3, -0.25) is 19.3 Å². The first-order valence-corrected chi connectivity index (χ1v) is 10.7. The van der Waals surface area contributed by atoms with E-state index in [4.69, 9.17) is 4.74 Å². The molecule has 1 aromatic heterocycles. The molecule has 30 heavy (non-hydrogen) atoms. The molecular weight excluding hydrogens is 402 g/mol. The first-order chi connectivity index (χ1) is 14.6. The number of amides is 3. The number of thiazole rings is 1. The van der Waals surface area contributed by atoms with Crippen molar-refractivity contribution in [3.8, 4) is 0 Å². The molecule has 1 saturated heterocycles. The highest BCUT2D eigenvalue weighted by molar-refractivity contribution is 7.18. The fourth-order valence-corrected chi connectivity index (χ4v) is 4.75. The molecule has 3 heterocycles. The third-order valence-electron chi connectivity index (χ3n) is 5.38. The second-order valence-electron chi connectivity index (χ2n) is 7.37. The summed E-state index contributed by atoms with van der Waals surface area (Å²) < 4.78 is 6.62. The SMILES string of the molecule is O=C(NCc1nc2ccccc2s1)c1ccc2c(c1)C(=O)N(C[C@H]1CCCO1)C2=O. The number of nitrogens with zero attached hydrogens (tertiary/aromatic N) is 2. The first-order valence-electron chi connectivity index (χ1n) is 9.84. The molecule has 2 aliphatic heterocycles. The van der Waals surface area contributed by atoms with Crippen molar-refractivity contribution in [2.75, 3.05) is 13.2 Å². The second kappa shape index (κ2) is 7.62. The zero-order chi connectivity index (χ0) is 20.7. The van der Waals surface area contributed by atoms with Crippen molar-refractivity contribution in [1.29, 1.82) is 0 Å². The van der Waals surface area contributed by atoms with Crippen LogP contribution in [0.5, 0.6) is 0 Å². The van der Waals surface area contributed by atoms with Crippen molar-refractivity contribution in [3.05, 3.63) is 64.2 Å². The van der Waals surface area contributed by atoms with E-state index in [1.807, 2.05) is 24.3 Å². The lowest BCUT2D eigenvalue weighted by Gasteiger charge is -2.17. The molecule has 5 rings (SSSR count). The number of hydrogen-bond acceptors (Lipinski definition) is 6. The lowest BCUT2D eigenvalue weighted by molar-refractivity contribution is 0.0475. The van der Waals surface area contributed by atoms with Gasteiger partial charge in [-0.05, 0) is 43.2 Å². The standard InChI is InChI=1S/C22H19N3O4S/c26-20(23-11-19-24-17-5-1-2-6-18(17)30-19)13-7-8-15-16(10-13)22(28)25(21(15)27)12-14-4-3-9-29-14/h1-2,5-8,10,14H,3-4,9,11-12H2,(H,23,26)/t14-/m1/s1. The molecule has 0 unspecified atom stereocenters. The van der Waals surface area contributed by atoms with Gasteiger partial charge in [0.25, 0.3) is 17.7 Å². The molecule has 3 amide bonds. The summed E-state index contributed by atoms with van der Waals surface area (Å²) in [6.07, 6.45) is 1.67. The largest absolute Gasteiger partial charge is 0.376 e. The van der Waals surface area contributed by atoms with Crippen LogP contribution in [0.25, 0.3) is 10.2 Å². The van der Waals surface area contributed by atoms with Crippen LogP contribution in [0.1, 0.15) is 48.9 Å². The van der Waals surface area contributed by atoms with Crippen molar-refractivity contribution in [2.45, 2.75) is 25.5 Å². The third-order valence-corrected chi connectivity index (χ3v) is 6.42. The molecule has 152 valence electrons. The van der Waals surface area contributed by atoms with Gasteiger partial charge in [0, 0.05) is 12.2 Å². The molecule has 2 aromatic carbocycles. The van der Waals surface area contributed by atoms with Gasteiger partial charge in [0.05, 0.1) is 40.5 Å². The van der Waals surface area contributed by atoms with Crippen LogP contribution in [0.4, 0.5) is 0 Å². The van der Waals surface area contributed by atoms with Crippen molar-refractivity contribution >= 4 is 39.3 Å². The highest BCUT2D eigenvalue weighted by Crippen LogP contribution is 2.26. The number of carbonyl (C=O) groups is 3. The van der Waals surface area contributed by atoms with Gasteiger partial charge in [-0.1, -0.05) is 12.1 Å². The number of imide groups is 1. The van der Waals surface area contributed by atoms with Gasteiger partial charge in [-0.15, -0.1) is 11.3 Å². The number of nitrogens with one attached hydrogen (secondary N) is 1. The minimum atomic E-state index is -0.369. The summed E-state index contributed by atoms with van der Waals surface area (Å²) >= 11 is 1.53. The van der Waals surface area contributed by atoms with Crippen LogP contribution in [0, 0.1) is 0 Å². The number of rotatable bonds is 5. The van der Waals surface area contributed by atoms with Crippen LogP contribution in [0.15, 0.2) is 42.5 Å². The predicted molar refractivity (Wildman–Crippen MR) is 112 cm³/mol. The van der Waals surface area contributed by atoms with Gasteiger partial charge in [0.2, 0.25) is 0 Å². The molecule has 1 fully saturated rings. The summed E-state index contributed by atoms with van der Waals surface area (Å²) in [7, 11) is 0. The maximum atomic E-state index is 12.8. The number of para-hydroxylation sites is 1. The molecule has 3 aromatic rings. The van der Waals surface area contributed by atoms with Gasteiger partial charge in [-0.25, -0.2) is 4.98 Å². The first kappa shape index (κ1) is 18.9. The summed E-state index contributed by atoms with van der Waals surface area (Å²) in [5.74, 6) is -1.01. The maximum Gasteiger partial charge on any atom is 0.261 e. The Hall–Kier alpha value is -3.10. The Morgan fingerprint density at radius 2 is 2.00 bits per heavy atom. The third kappa shape index (κ3) is 3.38. The fourth-order valence-electron chi connectivity index (χ4n) is 3.84. The van der Waals surface area contributed by atoms with Crippen LogP contribution in [0.3, 0.4) is 0 Å². The molecular formula is C22H19N3O4S. The van der Waals surface area contributed by atoms with Crippen molar-refractivity contribution in [3.63, 3.8) is 0 Å². The molecule has 1 N–H and O–H groups in total. The average Bonchev–Trinajstić information content (AvgIpc) is 3.48. The lowest BCUT2D eigenvalue weighted by Crippen LogP contribution is -2.36. The number of fused-ring (bicyclic) bond motifs is 2. The van der Waals surface area contributed by atoms with Crippen LogP contribution in [-0.4, -0.2) is 46.9 Å². The lowest BCUT2D eigenvalue weighted by atomic mass is 10.1. The summed E-state index contributed by atoms with van der Waals surface area (Å²) in [5.41, 5.74) is 1.85. The van der Waals surface area contributed by atoms with Gasteiger partial charge in [0.15, 0.2) is 0 Å². The van der Waals surface area contributed by atoms with E-state index < -0.39 is 0 Å². The normalized spacial score (nSPS) is 18.3. The van der Waals surface area contributed by atoms with E-state index in [9.17, 15) is 14.4 Å². The maximum absolute atomic E-state index is 12.8. The van der Waals surface area contributed by atoms with Crippen molar-refractivity contribution < 1.29 is 19.1 Å². The van der Waals surface area contributed by atoms with Crippen LogP contribution < -0.4 is 5.32 Å². The Balaban J connectivity index is 1.29. The van der Waals surface area contributed by atoms with E-state index in [-0.39, 0.29) is 35.9 Å². The number of aromatic nitrogens is 1. The summed E-state index contributed by atoms with van der Waals surface area (Å²) in [6, 6.07) is 12.4. The Morgan fingerprint density at radius 1 is 1.17 bits per heavy atom. The van der Waals surface area contributed by atoms with Crippen LogP contribution in [-0.2, 0) is 11.3 Å². The van der Waals surface area contributed by atoms with E-state index in [0.29, 0.717) is 24.3 Å². The average molecular weight is 421 g/mol. The quantitative estimate of drug-likeness (QED) is 0.640. The van der Waals surface area contributed by atoms with Gasteiger partial charge in [-0.2, -0.15) is 0 Å². The molecule has 0 spiro atoms. The van der Waals surface area contributed by atoms with Gasteiger partial charge in [0.1, 0.15) is 5.01 Å². The molecule has 0 radical (unpaired) electrons. The van der Waals surface area contributed by atoms with Crippen molar-refractivity contribution in [2.24, 2.45) is 0 Å². The Morgan fingerprint density at radius 3 is 2.80 bits per heavy atom. The Kier molecular flexibility index (Phi) is 4.80. The monoisotopic (exact) mass is 421 g/mol. The Labute approximate surface area is 176 Å². The van der Waals surface area contributed by atoms with E-state index in [0.717, 1.165) is 28.1 Å². The zero-order valence-electron chi connectivity index (χ0n) is 16.1. The second-order valence-corrected chi connectivity index (χ2v) is 8.49. The molecule has 0 bridgehead atoms. The van der Waals surface area contributed by atoms with E-state index in [1.54, 1.807) is 12.1 Å². The van der Waals surface area contributed by atoms with Gasteiger partial charge >= 0.3 is 0 Å². The number of carbonyl (C=O) groups excluding carboxylic acids is 3. The summed E-state index contributed by atoms with van der Waals surface area (Å²) in [5, 5.41) is 3.65. The smallest absolute Gasteiger partial charge is 0.261 e. The van der Waals surface area contributed by atoms with Crippen LogP contribution in [0.2, 0.25) is 0 Å². The van der Waals surface area contributed by atoms with E-state index >= 15 is 0 Å². The minimum absolute atomic E-state index is 0.108. The summed E-state index contributed by atoms with van der Waals surface area (Å²) in [4.78, 5) is 43.7. The van der Waals surface area contributed by atoms with Crippen molar-refractivity contribution in [1.82, 2.24) is 15.2 Å². The van der Waals surface area contributed by atoms with Gasteiger partial charge < -0.3 is 10.1 Å². The molecule has 0 saturated carbocycles. The molecule has 8 heteroatoms. The highest BCUT2D eigenvalue weighted by atomic mass is 32.1.